The van der Waals surface area contributed by atoms with Crippen molar-refractivity contribution in [3.05, 3.63) is 58.1 Å². The van der Waals surface area contributed by atoms with Crippen molar-refractivity contribution >= 4 is 41.1 Å². The van der Waals surface area contributed by atoms with Gasteiger partial charge in [-0.05, 0) is 54.8 Å². The topological polar surface area (TPSA) is 96.0 Å². The number of carbonyl (C=O) groups is 4. The number of aryl methyl sites for hydroxylation is 1. The van der Waals surface area contributed by atoms with Crippen LogP contribution in [0.5, 0.6) is 5.75 Å². The summed E-state index contributed by atoms with van der Waals surface area (Å²) in [6, 6.07) is 9.35. The monoisotopic (exact) mass is 441 g/mol. The summed E-state index contributed by atoms with van der Waals surface area (Å²) in [4.78, 5) is 51.8. The van der Waals surface area contributed by atoms with Crippen LogP contribution in [0.2, 0.25) is 5.02 Å². The number of piperidine rings is 1. The molecule has 4 amide bonds. The average Bonchev–Trinajstić information content (AvgIpc) is 3.02. The largest absolute Gasteiger partial charge is 0.419 e. The van der Waals surface area contributed by atoms with Crippen LogP contribution in [0.25, 0.3) is 0 Å². The quantitative estimate of drug-likeness (QED) is 0.738. The minimum Gasteiger partial charge on any atom is -0.410 e. The van der Waals surface area contributed by atoms with E-state index in [2.05, 4.69) is 5.32 Å². The number of imide groups is 1. The van der Waals surface area contributed by atoms with Crippen LogP contribution in [0.1, 0.15) is 34.3 Å². The maximum atomic E-state index is 12.9. The zero-order valence-corrected chi connectivity index (χ0v) is 17.7. The molecule has 8 nitrogen and oxygen atoms in total. The Morgan fingerprint density at radius 3 is 2.68 bits per heavy atom. The number of hydrogen-bond acceptors (Lipinski definition) is 5. The van der Waals surface area contributed by atoms with Gasteiger partial charge in [-0.2, -0.15) is 0 Å². The fourth-order valence-corrected chi connectivity index (χ4v) is 4.07. The van der Waals surface area contributed by atoms with Crippen LogP contribution >= 0.6 is 11.6 Å². The van der Waals surface area contributed by atoms with E-state index in [9.17, 15) is 19.2 Å². The Morgan fingerprint density at radius 1 is 1.19 bits per heavy atom. The molecule has 1 fully saturated rings. The third-order valence-corrected chi connectivity index (χ3v) is 5.61. The van der Waals surface area contributed by atoms with Gasteiger partial charge in [0.15, 0.2) is 0 Å². The van der Waals surface area contributed by atoms with Crippen molar-refractivity contribution < 1.29 is 23.9 Å². The van der Waals surface area contributed by atoms with Gasteiger partial charge in [-0.15, -0.1) is 0 Å². The van der Waals surface area contributed by atoms with Crippen LogP contribution in [0.3, 0.4) is 0 Å². The van der Waals surface area contributed by atoms with Gasteiger partial charge in [-0.25, -0.2) is 4.79 Å². The molecule has 2 aliphatic heterocycles. The molecule has 0 aliphatic carbocycles. The molecule has 1 saturated heterocycles. The van der Waals surface area contributed by atoms with E-state index in [1.807, 2.05) is 6.92 Å². The van der Waals surface area contributed by atoms with Crippen LogP contribution in [-0.4, -0.2) is 41.8 Å². The van der Waals surface area contributed by atoms with Crippen molar-refractivity contribution in [1.29, 1.82) is 0 Å². The molecule has 4 rings (SSSR count). The average molecular weight is 442 g/mol. The van der Waals surface area contributed by atoms with Crippen molar-refractivity contribution in [1.82, 2.24) is 10.2 Å². The van der Waals surface area contributed by atoms with Crippen LogP contribution < -0.4 is 15.0 Å². The molecule has 31 heavy (non-hydrogen) atoms. The first-order valence-corrected chi connectivity index (χ1v) is 10.1. The van der Waals surface area contributed by atoms with Crippen LogP contribution in [0.15, 0.2) is 36.4 Å². The Kier molecular flexibility index (Phi) is 5.41. The first-order chi connectivity index (χ1) is 14.7. The van der Waals surface area contributed by atoms with Crippen LogP contribution in [-0.2, 0) is 16.1 Å². The number of ether oxygens (including phenoxy) is 1. The maximum Gasteiger partial charge on any atom is 0.419 e. The molecule has 0 spiro atoms. The van der Waals surface area contributed by atoms with Gasteiger partial charge in [0.2, 0.25) is 11.8 Å². The molecule has 2 aromatic carbocycles. The predicted molar refractivity (Wildman–Crippen MR) is 113 cm³/mol. The second-order valence-electron chi connectivity index (χ2n) is 7.63. The van der Waals surface area contributed by atoms with Gasteiger partial charge in [0, 0.05) is 36.3 Å². The smallest absolute Gasteiger partial charge is 0.410 e. The normalized spacial score (nSPS) is 18.0. The van der Waals surface area contributed by atoms with E-state index in [0.29, 0.717) is 16.3 Å². The van der Waals surface area contributed by atoms with E-state index < -0.39 is 18.0 Å². The Morgan fingerprint density at radius 2 is 1.97 bits per heavy atom. The zero-order chi connectivity index (χ0) is 22.3. The number of anilines is 1. The van der Waals surface area contributed by atoms with E-state index >= 15 is 0 Å². The minimum atomic E-state index is -0.694. The first kappa shape index (κ1) is 20.9. The van der Waals surface area contributed by atoms with E-state index in [1.54, 1.807) is 37.4 Å². The number of rotatable bonds is 3. The highest BCUT2D eigenvalue weighted by Gasteiger charge is 2.39. The molecule has 1 N–H and O–H groups in total. The molecule has 0 aromatic heterocycles. The molecule has 2 aliphatic rings. The summed E-state index contributed by atoms with van der Waals surface area (Å²) in [6.07, 6.45) is -0.153. The second-order valence-corrected chi connectivity index (χ2v) is 8.07. The molecule has 1 unspecified atom stereocenters. The Bertz CT molecular complexity index is 1100. The second kappa shape index (κ2) is 8.03. The number of nitrogens with one attached hydrogen (secondary N) is 1. The molecule has 2 aromatic rings. The molecule has 160 valence electrons. The zero-order valence-electron chi connectivity index (χ0n) is 17.0. The van der Waals surface area contributed by atoms with Crippen molar-refractivity contribution in [3.63, 3.8) is 0 Å². The Balaban J connectivity index is 1.49. The highest BCUT2D eigenvalue weighted by Crippen LogP contribution is 2.30. The van der Waals surface area contributed by atoms with E-state index in [0.717, 1.165) is 11.1 Å². The van der Waals surface area contributed by atoms with Crippen molar-refractivity contribution in [2.24, 2.45) is 0 Å². The summed E-state index contributed by atoms with van der Waals surface area (Å²) in [5, 5.41) is 2.78. The molecule has 9 heteroatoms. The first-order valence-electron chi connectivity index (χ1n) is 9.73. The molecule has 0 saturated carbocycles. The molecule has 0 radical (unpaired) electrons. The van der Waals surface area contributed by atoms with Crippen molar-refractivity contribution in [2.75, 3.05) is 11.9 Å². The Hall–Kier alpha value is -3.39. The van der Waals surface area contributed by atoms with Crippen molar-refractivity contribution in [3.8, 4) is 5.75 Å². The minimum absolute atomic E-state index is 0.189. The molecular formula is C22H20ClN3O5. The third-order valence-electron chi connectivity index (χ3n) is 5.39. The Labute approximate surface area is 183 Å². The predicted octanol–water partition coefficient (Wildman–Crippen LogP) is 3.04. The van der Waals surface area contributed by atoms with Gasteiger partial charge in [0.25, 0.3) is 5.91 Å². The lowest BCUT2D eigenvalue weighted by molar-refractivity contribution is -0.136. The number of hydrogen-bond donors (Lipinski definition) is 1. The van der Waals surface area contributed by atoms with Gasteiger partial charge in [0.05, 0.1) is 0 Å². The molecule has 2 heterocycles. The number of halogens is 1. The fraction of sp³-hybridized carbons (Fsp3) is 0.273. The van der Waals surface area contributed by atoms with Gasteiger partial charge >= 0.3 is 6.09 Å². The summed E-state index contributed by atoms with van der Waals surface area (Å²) in [5.41, 5.74) is 2.58. The number of fused-ring (bicyclic) bond motifs is 1. The van der Waals surface area contributed by atoms with Gasteiger partial charge < -0.3 is 9.64 Å². The summed E-state index contributed by atoms with van der Waals surface area (Å²) in [6.45, 7) is 2.13. The lowest BCUT2D eigenvalue weighted by Gasteiger charge is -2.29. The SMILES string of the molecule is Cc1cc(Cl)cc(N(C)C(=O)Oc2ccc3c(c2)C(=O)N(C2CCC(=O)NC2=O)C3)c1. The summed E-state index contributed by atoms with van der Waals surface area (Å²) < 4.78 is 5.45. The summed E-state index contributed by atoms with van der Waals surface area (Å²) >= 11 is 6.07. The molecule has 0 bridgehead atoms. The van der Waals surface area contributed by atoms with E-state index in [-0.39, 0.29) is 37.0 Å². The number of carbonyl (C=O) groups excluding carboxylic acids is 4. The number of benzene rings is 2. The number of nitrogens with zero attached hydrogens (tertiary/aromatic N) is 2. The summed E-state index contributed by atoms with van der Waals surface area (Å²) in [5.74, 6) is -0.921. The lowest BCUT2D eigenvalue weighted by atomic mass is 10.0. The summed E-state index contributed by atoms with van der Waals surface area (Å²) in [7, 11) is 1.57. The van der Waals surface area contributed by atoms with E-state index in [4.69, 9.17) is 16.3 Å². The fourth-order valence-electron chi connectivity index (χ4n) is 3.78. The lowest BCUT2D eigenvalue weighted by Crippen LogP contribution is -2.52. The van der Waals surface area contributed by atoms with Gasteiger partial charge in [-0.1, -0.05) is 17.7 Å². The third kappa shape index (κ3) is 4.11. The van der Waals surface area contributed by atoms with E-state index in [1.165, 1.54) is 15.9 Å². The van der Waals surface area contributed by atoms with Crippen molar-refractivity contribution in [2.45, 2.75) is 32.4 Å². The van der Waals surface area contributed by atoms with Gasteiger partial charge in [0.1, 0.15) is 11.8 Å². The molecular weight excluding hydrogens is 422 g/mol. The highest BCUT2D eigenvalue weighted by atomic mass is 35.5. The van der Waals surface area contributed by atoms with Crippen LogP contribution in [0.4, 0.5) is 10.5 Å². The van der Waals surface area contributed by atoms with Gasteiger partial charge in [-0.3, -0.25) is 24.6 Å². The molecule has 1 atom stereocenters. The highest BCUT2D eigenvalue weighted by molar-refractivity contribution is 6.31. The standard InChI is InChI=1S/C22H20ClN3O5/c1-12-7-14(23)9-15(8-12)25(2)22(30)31-16-4-3-13-11-26(21(29)17(13)10-16)18-5-6-19(27)24-20(18)28/h3-4,7-10,18H,5-6,11H2,1-2H3,(H,24,27,28). The number of amides is 4. The van der Waals surface area contributed by atoms with Crippen LogP contribution in [0, 0.1) is 6.92 Å². The maximum absolute atomic E-state index is 12.9.